The van der Waals surface area contributed by atoms with Crippen LogP contribution >= 0.6 is 0 Å². The molecule has 0 bridgehead atoms. The van der Waals surface area contributed by atoms with Crippen LogP contribution < -0.4 is 32.3 Å². The summed E-state index contributed by atoms with van der Waals surface area (Å²) in [6.07, 6.45) is 7.71. The van der Waals surface area contributed by atoms with Crippen molar-refractivity contribution in [2.24, 2.45) is 5.73 Å². The standard InChI is InChI=1S/C24H46N6O4/c1-5-8-10-12-19(21(32)26-4)27-15-16-28-22(33)18(7-3)29-23(34)24(13-14-24)30-20(31)17(25)11-9-6-2/h17-19,27H,5-16,25H2,1-4H3,(H,26,32)(H,28,33)(H,29,34)(H,30,31)/t17-,18+,19-/m0/s1. The Balaban J connectivity index is 2.48. The van der Waals surface area contributed by atoms with Crippen molar-refractivity contribution in [2.75, 3.05) is 20.1 Å². The van der Waals surface area contributed by atoms with Crippen molar-refractivity contribution in [1.82, 2.24) is 26.6 Å². The maximum absolute atomic E-state index is 12.8. The van der Waals surface area contributed by atoms with Crippen molar-refractivity contribution in [2.45, 2.75) is 109 Å². The molecule has 7 N–H and O–H groups in total. The second-order valence-corrected chi connectivity index (χ2v) is 9.16. The molecular formula is C24H46N6O4. The number of carbonyl (C=O) groups is 4. The van der Waals surface area contributed by atoms with Gasteiger partial charge in [0, 0.05) is 20.1 Å². The average Bonchev–Trinajstić information content (AvgIpc) is 3.62. The molecule has 0 spiro atoms. The number of nitrogens with two attached hydrogens (primary N) is 1. The fraction of sp³-hybridized carbons (Fsp3) is 0.833. The first kappa shape index (κ1) is 29.8. The molecule has 1 fully saturated rings. The first-order valence-electron chi connectivity index (χ1n) is 12.9. The van der Waals surface area contributed by atoms with Gasteiger partial charge >= 0.3 is 0 Å². The molecule has 0 heterocycles. The van der Waals surface area contributed by atoms with Gasteiger partial charge in [-0.2, -0.15) is 0 Å². The summed E-state index contributed by atoms with van der Waals surface area (Å²) in [6, 6.07) is -1.63. The fourth-order valence-electron chi connectivity index (χ4n) is 3.72. The Morgan fingerprint density at radius 3 is 2.09 bits per heavy atom. The van der Waals surface area contributed by atoms with Gasteiger partial charge in [-0.25, -0.2) is 0 Å². The van der Waals surface area contributed by atoms with Crippen LogP contribution in [0, 0.1) is 0 Å². The molecule has 1 saturated carbocycles. The number of likely N-dealkylation sites (N-methyl/N-ethyl adjacent to an activating group) is 1. The second kappa shape index (κ2) is 15.7. The van der Waals surface area contributed by atoms with Crippen LogP contribution in [0.1, 0.15) is 85.0 Å². The third kappa shape index (κ3) is 9.97. The summed E-state index contributed by atoms with van der Waals surface area (Å²) in [5.74, 6) is -1.03. The molecule has 10 heteroatoms. The molecule has 196 valence electrons. The zero-order valence-corrected chi connectivity index (χ0v) is 21.4. The van der Waals surface area contributed by atoms with Crippen molar-refractivity contribution < 1.29 is 19.2 Å². The highest BCUT2D eigenvalue weighted by Crippen LogP contribution is 2.36. The van der Waals surface area contributed by atoms with E-state index in [1.807, 2.05) is 13.8 Å². The zero-order chi connectivity index (χ0) is 25.6. The summed E-state index contributed by atoms with van der Waals surface area (Å²) in [5.41, 5.74) is 4.96. The highest BCUT2D eigenvalue weighted by atomic mass is 16.2. The van der Waals surface area contributed by atoms with Crippen molar-refractivity contribution in [3.05, 3.63) is 0 Å². The molecular weight excluding hydrogens is 436 g/mol. The number of amides is 4. The molecule has 0 radical (unpaired) electrons. The van der Waals surface area contributed by atoms with Gasteiger partial charge in [-0.15, -0.1) is 0 Å². The Morgan fingerprint density at radius 2 is 1.53 bits per heavy atom. The molecule has 0 aromatic rings. The number of hydrogen-bond acceptors (Lipinski definition) is 6. The minimum Gasteiger partial charge on any atom is -0.358 e. The quantitative estimate of drug-likeness (QED) is 0.156. The molecule has 0 aromatic carbocycles. The molecule has 0 saturated heterocycles. The Labute approximate surface area is 204 Å². The maximum Gasteiger partial charge on any atom is 0.246 e. The summed E-state index contributed by atoms with van der Waals surface area (Å²) in [5, 5.41) is 14.2. The summed E-state index contributed by atoms with van der Waals surface area (Å²) < 4.78 is 0. The van der Waals surface area contributed by atoms with Crippen LogP contribution in [0.25, 0.3) is 0 Å². The highest BCUT2D eigenvalue weighted by Gasteiger charge is 2.52. The third-order valence-electron chi connectivity index (χ3n) is 6.26. The van der Waals surface area contributed by atoms with Gasteiger partial charge in [0.15, 0.2) is 0 Å². The largest absolute Gasteiger partial charge is 0.358 e. The summed E-state index contributed by atoms with van der Waals surface area (Å²) >= 11 is 0. The second-order valence-electron chi connectivity index (χ2n) is 9.16. The van der Waals surface area contributed by atoms with E-state index in [1.54, 1.807) is 7.05 Å². The number of carbonyl (C=O) groups excluding carboxylic acids is 4. The Kier molecular flexibility index (Phi) is 13.7. The van der Waals surface area contributed by atoms with E-state index in [2.05, 4.69) is 33.5 Å². The molecule has 1 rings (SSSR count). The molecule has 1 aliphatic rings. The lowest BCUT2D eigenvalue weighted by atomic mass is 10.1. The molecule has 0 aliphatic heterocycles. The molecule has 34 heavy (non-hydrogen) atoms. The van der Waals surface area contributed by atoms with Crippen molar-refractivity contribution in [3.63, 3.8) is 0 Å². The van der Waals surface area contributed by atoms with Gasteiger partial charge in [-0.3, -0.25) is 19.2 Å². The van der Waals surface area contributed by atoms with Crippen LogP contribution in [0.15, 0.2) is 0 Å². The Morgan fingerprint density at radius 1 is 0.853 bits per heavy atom. The SMILES string of the molecule is CCCCC[C@H](NCCNC(=O)[C@@H](CC)NC(=O)C1(NC(=O)[C@@H](N)CCCC)CC1)C(=O)NC. The lowest BCUT2D eigenvalue weighted by molar-refractivity contribution is -0.133. The van der Waals surface area contributed by atoms with E-state index in [-0.39, 0.29) is 29.7 Å². The third-order valence-corrected chi connectivity index (χ3v) is 6.26. The first-order valence-corrected chi connectivity index (χ1v) is 12.9. The smallest absolute Gasteiger partial charge is 0.246 e. The molecule has 4 amide bonds. The minimum atomic E-state index is -0.963. The van der Waals surface area contributed by atoms with Crippen LogP contribution in [0.3, 0.4) is 0 Å². The van der Waals surface area contributed by atoms with Gasteiger partial charge in [0.1, 0.15) is 11.6 Å². The van der Waals surface area contributed by atoms with Gasteiger partial charge in [-0.05, 0) is 32.1 Å². The summed E-state index contributed by atoms with van der Waals surface area (Å²) in [4.78, 5) is 49.8. The van der Waals surface area contributed by atoms with Crippen molar-refractivity contribution in [1.29, 1.82) is 0 Å². The van der Waals surface area contributed by atoms with Gasteiger partial charge in [0.25, 0.3) is 0 Å². The lowest BCUT2D eigenvalue weighted by Gasteiger charge is -2.23. The van der Waals surface area contributed by atoms with E-state index < -0.39 is 17.6 Å². The van der Waals surface area contributed by atoms with E-state index in [1.165, 1.54) is 0 Å². The maximum atomic E-state index is 12.8. The van der Waals surface area contributed by atoms with Crippen LogP contribution in [-0.4, -0.2) is 67.4 Å². The van der Waals surface area contributed by atoms with E-state index >= 15 is 0 Å². The van der Waals surface area contributed by atoms with Crippen LogP contribution in [0.4, 0.5) is 0 Å². The van der Waals surface area contributed by atoms with Crippen molar-refractivity contribution >= 4 is 23.6 Å². The number of unbranched alkanes of at least 4 members (excludes halogenated alkanes) is 3. The normalized spacial score (nSPS) is 16.6. The van der Waals surface area contributed by atoms with E-state index in [4.69, 9.17) is 5.73 Å². The molecule has 1 aliphatic carbocycles. The number of hydrogen-bond donors (Lipinski definition) is 6. The van der Waals surface area contributed by atoms with Crippen molar-refractivity contribution in [3.8, 4) is 0 Å². The van der Waals surface area contributed by atoms with Gasteiger partial charge < -0.3 is 32.3 Å². The minimum absolute atomic E-state index is 0.0627. The Hall–Kier alpha value is -2.20. The van der Waals surface area contributed by atoms with Crippen LogP contribution in [0.2, 0.25) is 0 Å². The van der Waals surface area contributed by atoms with E-state index in [9.17, 15) is 19.2 Å². The summed E-state index contributed by atoms with van der Waals surface area (Å²) in [7, 11) is 1.61. The van der Waals surface area contributed by atoms with E-state index in [0.717, 1.165) is 38.5 Å². The van der Waals surface area contributed by atoms with Crippen LogP contribution in [0.5, 0.6) is 0 Å². The topological polar surface area (TPSA) is 154 Å². The number of rotatable bonds is 18. The van der Waals surface area contributed by atoms with Crippen LogP contribution in [-0.2, 0) is 19.2 Å². The first-order chi connectivity index (χ1) is 16.2. The molecule has 10 nitrogen and oxygen atoms in total. The van der Waals surface area contributed by atoms with E-state index in [0.29, 0.717) is 38.8 Å². The lowest BCUT2D eigenvalue weighted by Crippen LogP contribution is -2.57. The average molecular weight is 483 g/mol. The van der Waals surface area contributed by atoms with Gasteiger partial charge in [0.2, 0.25) is 23.6 Å². The monoisotopic (exact) mass is 482 g/mol. The summed E-state index contributed by atoms with van der Waals surface area (Å²) in [6.45, 7) is 6.73. The molecule has 0 aromatic heterocycles. The predicted molar refractivity (Wildman–Crippen MR) is 133 cm³/mol. The molecule has 3 atom stereocenters. The van der Waals surface area contributed by atoms with Gasteiger partial charge in [-0.1, -0.05) is 52.9 Å². The fourth-order valence-corrected chi connectivity index (χ4v) is 3.72. The predicted octanol–water partition coefficient (Wildman–Crippen LogP) is 0.448. The Bertz CT molecular complexity index is 668. The highest BCUT2D eigenvalue weighted by molar-refractivity contribution is 5.97. The zero-order valence-electron chi connectivity index (χ0n) is 21.4. The number of nitrogens with one attached hydrogen (secondary N) is 5. The molecule has 0 unspecified atom stereocenters. The van der Waals surface area contributed by atoms with Gasteiger partial charge in [0.05, 0.1) is 12.1 Å².